The molecule has 2 heterocycles. The van der Waals surface area contributed by atoms with Gasteiger partial charge in [0.05, 0.1) is 6.33 Å². The Balaban J connectivity index is 2.91. The second kappa shape index (κ2) is 2.44. The maximum Gasteiger partial charge on any atom is 0.341 e. The van der Waals surface area contributed by atoms with Crippen molar-refractivity contribution in [2.45, 2.75) is 0 Å². The highest BCUT2D eigenvalue weighted by Crippen LogP contribution is 2.13. The van der Waals surface area contributed by atoms with E-state index in [1.54, 1.807) is 0 Å². The molecule has 0 aliphatic heterocycles. The molecular formula is C7H4N2O4. The molecule has 0 radical (unpaired) electrons. The third-order valence-electron chi connectivity index (χ3n) is 1.59. The van der Waals surface area contributed by atoms with Crippen LogP contribution < -0.4 is 5.56 Å². The predicted octanol–water partition coefficient (Wildman–Crippen LogP) is 0.214. The third kappa shape index (κ3) is 0.994. The first-order chi connectivity index (χ1) is 6.20. The number of rotatable bonds is 1. The molecule has 0 saturated carbocycles. The molecule has 6 heteroatoms. The number of fused-ring (bicyclic) bond motifs is 1. The van der Waals surface area contributed by atoms with E-state index in [2.05, 4.69) is 9.97 Å². The number of furan rings is 1. The van der Waals surface area contributed by atoms with Crippen LogP contribution in [0.4, 0.5) is 0 Å². The highest BCUT2D eigenvalue weighted by molar-refractivity contribution is 5.99. The molecule has 0 aromatic carbocycles. The van der Waals surface area contributed by atoms with Gasteiger partial charge in [0.25, 0.3) is 5.56 Å². The van der Waals surface area contributed by atoms with Gasteiger partial charge < -0.3 is 14.5 Å². The number of aromatic amines is 1. The maximum atomic E-state index is 11.0. The van der Waals surface area contributed by atoms with Gasteiger partial charge in [-0.15, -0.1) is 0 Å². The summed E-state index contributed by atoms with van der Waals surface area (Å²) < 4.78 is 4.75. The minimum absolute atomic E-state index is 0.0660. The van der Waals surface area contributed by atoms with Crippen molar-refractivity contribution >= 4 is 17.1 Å². The molecule has 13 heavy (non-hydrogen) atoms. The number of aromatic carboxylic acids is 1. The van der Waals surface area contributed by atoms with E-state index in [4.69, 9.17) is 9.52 Å². The number of nitrogens with zero attached hydrogens (tertiary/aromatic N) is 1. The van der Waals surface area contributed by atoms with Gasteiger partial charge in [-0.2, -0.15) is 0 Å². The monoisotopic (exact) mass is 180 g/mol. The molecule has 0 aliphatic rings. The minimum Gasteiger partial charge on any atom is -0.477 e. The lowest BCUT2D eigenvalue weighted by atomic mass is 10.3. The van der Waals surface area contributed by atoms with Crippen LogP contribution in [0.3, 0.4) is 0 Å². The lowest BCUT2D eigenvalue weighted by Crippen LogP contribution is -2.05. The fourth-order valence-corrected chi connectivity index (χ4v) is 1.01. The zero-order chi connectivity index (χ0) is 9.42. The summed E-state index contributed by atoms with van der Waals surface area (Å²) in [5.41, 5.74) is -0.602. The molecule has 2 rings (SSSR count). The molecule has 2 aromatic heterocycles. The molecule has 0 saturated heterocycles. The van der Waals surface area contributed by atoms with Gasteiger partial charge in [-0.25, -0.2) is 9.78 Å². The number of carboxylic acid groups (broad SMARTS) is 1. The molecule has 66 valence electrons. The summed E-state index contributed by atoms with van der Waals surface area (Å²) in [5.74, 6) is -1.17. The molecule has 0 bridgehead atoms. The summed E-state index contributed by atoms with van der Waals surface area (Å²) in [4.78, 5) is 27.6. The molecule has 0 unspecified atom stereocenters. The summed E-state index contributed by atoms with van der Waals surface area (Å²) >= 11 is 0. The van der Waals surface area contributed by atoms with E-state index < -0.39 is 11.5 Å². The van der Waals surface area contributed by atoms with Crippen molar-refractivity contribution in [3.8, 4) is 0 Å². The van der Waals surface area contributed by atoms with Gasteiger partial charge in [0.1, 0.15) is 17.3 Å². The van der Waals surface area contributed by atoms with Crippen molar-refractivity contribution in [1.29, 1.82) is 0 Å². The molecule has 6 nitrogen and oxygen atoms in total. The Labute approximate surface area is 70.8 Å². The number of carbonyl (C=O) groups is 1. The Kier molecular flexibility index (Phi) is 1.42. The molecule has 2 N–H and O–H groups in total. The first-order valence-electron chi connectivity index (χ1n) is 3.38. The average molecular weight is 180 g/mol. The van der Waals surface area contributed by atoms with Crippen LogP contribution in [-0.4, -0.2) is 21.0 Å². The molecule has 0 aliphatic carbocycles. The van der Waals surface area contributed by atoms with Crippen molar-refractivity contribution < 1.29 is 14.3 Å². The van der Waals surface area contributed by atoms with E-state index in [-0.39, 0.29) is 16.7 Å². The van der Waals surface area contributed by atoms with E-state index in [0.29, 0.717) is 0 Å². The summed E-state index contributed by atoms with van der Waals surface area (Å²) in [7, 11) is 0. The first kappa shape index (κ1) is 7.53. The van der Waals surface area contributed by atoms with Crippen LogP contribution in [0, 0.1) is 0 Å². The fraction of sp³-hybridized carbons (Fsp3) is 0. The Bertz CT molecular complexity index is 525. The van der Waals surface area contributed by atoms with Gasteiger partial charge >= 0.3 is 5.97 Å². The van der Waals surface area contributed by atoms with Crippen molar-refractivity contribution in [3.63, 3.8) is 0 Å². The quantitative estimate of drug-likeness (QED) is 0.654. The average Bonchev–Trinajstić information content (AvgIpc) is 2.48. The van der Waals surface area contributed by atoms with E-state index in [0.717, 1.165) is 12.6 Å². The third-order valence-corrected chi connectivity index (χ3v) is 1.59. The first-order valence-corrected chi connectivity index (χ1v) is 3.38. The Hall–Kier alpha value is -2.11. The number of carboxylic acids is 1. The Morgan fingerprint density at radius 3 is 3.08 bits per heavy atom. The second-order valence-corrected chi connectivity index (χ2v) is 2.36. The van der Waals surface area contributed by atoms with Crippen molar-refractivity contribution in [2.24, 2.45) is 0 Å². The van der Waals surface area contributed by atoms with Crippen LogP contribution in [0.25, 0.3) is 11.1 Å². The van der Waals surface area contributed by atoms with Gasteiger partial charge in [-0.05, 0) is 0 Å². The number of hydrogen-bond donors (Lipinski definition) is 2. The summed E-state index contributed by atoms with van der Waals surface area (Å²) in [6.07, 6.45) is 2.13. The van der Waals surface area contributed by atoms with Gasteiger partial charge in [0, 0.05) is 0 Å². The van der Waals surface area contributed by atoms with Crippen molar-refractivity contribution in [3.05, 3.63) is 28.5 Å². The molecule has 0 fully saturated rings. The van der Waals surface area contributed by atoms with Crippen LogP contribution in [0.2, 0.25) is 0 Å². The van der Waals surface area contributed by atoms with E-state index in [9.17, 15) is 9.59 Å². The van der Waals surface area contributed by atoms with Gasteiger partial charge in [-0.3, -0.25) is 4.79 Å². The Morgan fingerprint density at radius 1 is 1.62 bits per heavy atom. The van der Waals surface area contributed by atoms with E-state index in [1.165, 1.54) is 0 Å². The second-order valence-electron chi connectivity index (χ2n) is 2.36. The van der Waals surface area contributed by atoms with Gasteiger partial charge in [0.15, 0.2) is 0 Å². The maximum absolute atomic E-state index is 11.0. The van der Waals surface area contributed by atoms with Crippen molar-refractivity contribution in [1.82, 2.24) is 9.97 Å². The topological polar surface area (TPSA) is 96.2 Å². The molecule has 0 spiro atoms. The van der Waals surface area contributed by atoms with Gasteiger partial charge in [0.2, 0.25) is 5.58 Å². The zero-order valence-corrected chi connectivity index (χ0v) is 6.27. The number of nitrogens with one attached hydrogen (secondary N) is 1. The smallest absolute Gasteiger partial charge is 0.341 e. The predicted molar refractivity (Wildman–Crippen MR) is 41.6 cm³/mol. The van der Waals surface area contributed by atoms with Crippen LogP contribution in [0.15, 0.2) is 21.8 Å². The largest absolute Gasteiger partial charge is 0.477 e. The van der Waals surface area contributed by atoms with Gasteiger partial charge in [-0.1, -0.05) is 0 Å². The van der Waals surface area contributed by atoms with E-state index >= 15 is 0 Å². The molecule has 0 amide bonds. The standard InChI is InChI=1S/C7H4N2O4/c10-6-5-4(8-2-9-6)3(1-13-5)7(11)12/h1-2H,(H,11,12)(H,8,9,10). The van der Waals surface area contributed by atoms with E-state index in [1.807, 2.05) is 0 Å². The number of hydrogen-bond acceptors (Lipinski definition) is 4. The van der Waals surface area contributed by atoms with Crippen LogP contribution >= 0.6 is 0 Å². The molecule has 2 aromatic rings. The highest BCUT2D eigenvalue weighted by Gasteiger charge is 2.15. The fourth-order valence-electron chi connectivity index (χ4n) is 1.01. The Morgan fingerprint density at radius 2 is 2.38 bits per heavy atom. The normalized spacial score (nSPS) is 10.5. The van der Waals surface area contributed by atoms with Crippen LogP contribution in [0.1, 0.15) is 10.4 Å². The number of aromatic nitrogens is 2. The highest BCUT2D eigenvalue weighted by atomic mass is 16.4. The number of H-pyrrole nitrogens is 1. The minimum atomic E-state index is -1.17. The SMILES string of the molecule is O=C(O)c1coc2c(=O)[nH]cnc12. The van der Waals surface area contributed by atoms with Crippen LogP contribution in [0.5, 0.6) is 0 Å². The molecular weight excluding hydrogens is 176 g/mol. The lowest BCUT2D eigenvalue weighted by molar-refractivity contribution is 0.0698. The summed E-state index contributed by atoms with van der Waals surface area (Å²) in [5, 5.41) is 8.65. The molecule has 0 atom stereocenters. The van der Waals surface area contributed by atoms with Crippen molar-refractivity contribution in [2.75, 3.05) is 0 Å². The zero-order valence-electron chi connectivity index (χ0n) is 6.27. The lowest BCUT2D eigenvalue weighted by Gasteiger charge is -1.86. The van der Waals surface area contributed by atoms with Crippen LogP contribution in [-0.2, 0) is 0 Å². The summed E-state index contributed by atoms with van der Waals surface area (Å²) in [6, 6.07) is 0. The summed E-state index contributed by atoms with van der Waals surface area (Å²) in [6.45, 7) is 0.